The molecule has 116 valence electrons. The highest BCUT2D eigenvalue weighted by atomic mass is 32.1. The maximum atomic E-state index is 14.0. The maximum absolute atomic E-state index is 14.0. The molecule has 0 aliphatic heterocycles. The number of nitrogens with zero attached hydrogens (tertiary/aromatic N) is 1. The van der Waals surface area contributed by atoms with E-state index in [4.69, 9.17) is 0 Å². The van der Waals surface area contributed by atoms with Crippen LogP contribution in [-0.2, 0) is 4.79 Å². The van der Waals surface area contributed by atoms with E-state index in [0.29, 0.717) is 6.42 Å². The molecule has 0 saturated heterocycles. The highest BCUT2D eigenvalue weighted by Crippen LogP contribution is 2.44. The zero-order valence-electron chi connectivity index (χ0n) is 11.6. The lowest BCUT2D eigenvalue weighted by Crippen LogP contribution is -2.59. The number of amides is 1. The van der Waals surface area contributed by atoms with Crippen LogP contribution in [-0.4, -0.2) is 27.5 Å². The monoisotopic (exact) mass is 324 g/mol. The van der Waals surface area contributed by atoms with E-state index in [2.05, 4.69) is 10.3 Å². The van der Waals surface area contributed by atoms with Crippen LogP contribution < -0.4 is 5.32 Å². The molecule has 1 aromatic carbocycles. The molecule has 1 fully saturated rings. The number of aromatic nitrogens is 1. The van der Waals surface area contributed by atoms with Crippen LogP contribution in [0.5, 0.6) is 0 Å². The Balaban J connectivity index is 1.78. The SMILES string of the molecule is O=C(Nc1cccc(-c2nccs2)c1)C(F)(F)C1(O)CCC1. The van der Waals surface area contributed by atoms with Crippen molar-refractivity contribution in [2.45, 2.75) is 30.8 Å². The molecule has 0 unspecified atom stereocenters. The number of halogens is 2. The Morgan fingerprint density at radius 1 is 1.41 bits per heavy atom. The van der Waals surface area contributed by atoms with E-state index in [0.717, 1.165) is 10.6 Å². The number of hydrogen-bond acceptors (Lipinski definition) is 4. The lowest BCUT2D eigenvalue weighted by atomic mass is 9.75. The fourth-order valence-corrected chi connectivity index (χ4v) is 2.98. The van der Waals surface area contributed by atoms with Crippen molar-refractivity contribution in [3.05, 3.63) is 35.8 Å². The quantitative estimate of drug-likeness (QED) is 0.907. The Kier molecular flexibility index (Phi) is 3.70. The third-order valence-corrected chi connectivity index (χ3v) is 4.67. The summed E-state index contributed by atoms with van der Waals surface area (Å²) < 4.78 is 28.1. The number of alkyl halides is 2. The molecule has 2 N–H and O–H groups in total. The average Bonchev–Trinajstić information content (AvgIpc) is 2.99. The first-order valence-corrected chi connectivity index (χ1v) is 7.72. The molecule has 1 saturated carbocycles. The second kappa shape index (κ2) is 5.40. The second-order valence-electron chi connectivity index (χ2n) is 5.33. The van der Waals surface area contributed by atoms with Crippen LogP contribution >= 0.6 is 11.3 Å². The van der Waals surface area contributed by atoms with Gasteiger partial charge in [-0.1, -0.05) is 12.1 Å². The van der Waals surface area contributed by atoms with Crippen molar-refractivity contribution < 1.29 is 18.7 Å². The smallest absolute Gasteiger partial charge is 0.352 e. The Bertz CT molecular complexity index is 685. The standard InChI is InChI=1S/C15H14F2N2O2S/c16-15(17,14(21)5-2-6-14)13(20)19-11-4-1-3-10(9-11)12-18-7-8-22-12/h1,3-4,7-9,21H,2,5-6H2,(H,19,20). The number of rotatable bonds is 4. The van der Waals surface area contributed by atoms with Crippen LogP contribution in [0.1, 0.15) is 19.3 Å². The van der Waals surface area contributed by atoms with Gasteiger partial charge < -0.3 is 10.4 Å². The van der Waals surface area contributed by atoms with Crippen molar-refractivity contribution in [1.29, 1.82) is 0 Å². The number of benzene rings is 1. The van der Waals surface area contributed by atoms with Crippen molar-refractivity contribution in [3.63, 3.8) is 0 Å². The Morgan fingerprint density at radius 2 is 2.18 bits per heavy atom. The van der Waals surface area contributed by atoms with Crippen LogP contribution in [0.25, 0.3) is 10.6 Å². The molecule has 1 aliphatic carbocycles. The lowest BCUT2D eigenvalue weighted by molar-refractivity contribution is -0.212. The summed E-state index contributed by atoms with van der Waals surface area (Å²) >= 11 is 1.41. The van der Waals surface area contributed by atoms with Gasteiger partial charge in [-0.15, -0.1) is 11.3 Å². The topological polar surface area (TPSA) is 62.2 Å². The van der Waals surface area contributed by atoms with E-state index in [1.54, 1.807) is 29.8 Å². The van der Waals surface area contributed by atoms with Crippen LogP contribution in [0.2, 0.25) is 0 Å². The number of hydrogen-bond donors (Lipinski definition) is 2. The van der Waals surface area contributed by atoms with E-state index in [1.165, 1.54) is 17.4 Å². The average molecular weight is 324 g/mol. The van der Waals surface area contributed by atoms with E-state index in [-0.39, 0.29) is 18.5 Å². The van der Waals surface area contributed by atoms with Gasteiger partial charge in [-0.2, -0.15) is 8.78 Å². The molecule has 0 spiro atoms. The maximum Gasteiger partial charge on any atom is 0.352 e. The molecule has 22 heavy (non-hydrogen) atoms. The highest BCUT2D eigenvalue weighted by molar-refractivity contribution is 7.13. The van der Waals surface area contributed by atoms with Crippen LogP contribution in [0, 0.1) is 0 Å². The van der Waals surface area contributed by atoms with Gasteiger partial charge in [-0.25, -0.2) is 4.98 Å². The van der Waals surface area contributed by atoms with Gasteiger partial charge in [0, 0.05) is 22.8 Å². The summed E-state index contributed by atoms with van der Waals surface area (Å²) in [4.78, 5) is 16.0. The first-order valence-electron chi connectivity index (χ1n) is 6.84. The first kappa shape index (κ1) is 15.1. The minimum atomic E-state index is -3.80. The summed E-state index contributed by atoms with van der Waals surface area (Å²) in [5, 5.41) is 14.5. The first-order chi connectivity index (χ1) is 10.4. The number of aliphatic hydroxyl groups is 1. The Morgan fingerprint density at radius 3 is 2.77 bits per heavy atom. The summed E-state index contributed by atoms with van der Waals surface area (Å²) in [5.41, 5.74) is -1.23. The van der Waals surface area contributed by atoms with Gasteiger partial charge in [0.2, 0.25) is 0 Å². The summed E-state index contributed by atoms with van der Waals surface area (Å²) in [7, 11) is 0. The Hall–Kier alpha value is -1.86. The number of thiazole rings is 1. The summed E-state index contributed by atoms with van der Waals surface area (Å²) in [6.45, 7) is 0. The zero-order valence-corrected chi connectivity index (χ0v) is 12.4. The van der Waals surface area contributed by atoms with E-state index < -0.39 is 17.4 Å². The van der Waals surface area contributed by atoms with Crippen LogP contribution in [0.4, 0.5) is 14.5 Å². The molecule has 0 bridgehead atoms. The number of carbonyl (C=O) groups excluding carboxylic acids is 1. The van der Waals surface area contributed by atoms with Gasteiger partial charge >= 0.3 is 5.92 Å². The minimum Gasteiger partial charge on any atom is -0.383 e. The van der Waals surface area contributed by atoms with Gasteiger partial charge in [-0.05, 0) is 31.4 Å². The molecule has 1 aliphatic rings. The summed E-state index contributed by atoms with van der Waals surface area (Å²) in [5.74, 6) is -5.28. The lowest BCUT2D eigenvalue weighted by Gasteiger charge is -2.41. The Labute approximate surface area is 129 Å². The third kappa shape index (κ3) is 2.50. The van der Waals surface area contributed by atoms with Crippen LogP contribution in [0.15, 0.2) is 35.8 Å². The third-order valence-electron chi connectivity index (χ3n) is 3.85. The molecule has 4 nitrogen and oxygen atoms in total. The molecule has 0 atom stereocenters. The van der Waals surface area contributed by atoms with E-state index in [9.17, 15) is 18.7 Å². The fourth-order valence-electron chi connectivity index (χ4n) is 2.34. The molecule has 3 rings (SSSR count). The van der Waals surface area contributed by atoms with Crippen molar-refractivity contribution in [2.75, 3.05) is 5.32 Å². The molecule has 1 aromatic heterocycles. The van der Waals surface area contributed by atoms with Gasteiger partial charge in [0.15, 0.2) is 0 Å². The van der Waals surface area contributed by atoms with Gasteiger partial charge in [-0.3, -0.25) is 4.79 Å². The number of carbonyl (C=O) groups is 1. The van der Waals surface area contributed by atoms with Gasteiger partial charge in [0.25, 0.3) is 5.91 Å². The molecule has 2 aromatic rings. The molecule has 1 amide bonds. The largest absolute Gasteiger partial charge is 0.383 e. The normalized spacial score (nSPS) is 16.9. The van der Waals surface area contributed by atoms with E-state index in [1.807, 2.05) is 0 Å². The fraction of sp³-hybridized carbons (Fsp3) is 0.333. The predicted octanol–water partition coefficient (Wildman–Crippen LogP) is 3.30. The van der Waals surface area contributed by atoms with Crippen LogP contribution in [0.3, 0.4) is 0 Å². The predicted molar refractivity (Wildman–Crippen MR) is 79.9 cm³/mol. The molecule has 1 heterocycles. The van der Waals surface area contributed by atoms with Crippen molar-refractivity contribution in [1.82, 2.24) is 4.98 Å². The van der Waals surface area contributed by atoms with E-state index >= 15 is 0 Å². The van der Waals surface area contributed by atoms with Crippen molar-refractivity contribution in [3.8, 4) is 10.6 Å². The summed E-state index contributed by atoms with van der Waals surface area (Å²) in [6, 6.07) is 6.54. The minimum absolute atomic E-state index is 0.0629. The molecule has 7 heteroatoms. The number of anilines is 1. The van der Waals surface area contributed by atoms with Gasteiger partial charge in [0.1, 0.15) is 10.6 Å². The molecular weight excluding hydrogens is 310 g/mol. The molecule has 0 radical (unpaired) electrons. The summed E-state index contributed by atoms with van der Waals surface area (Å²) in [6.07, 6.45) is 2.02. The zero-order chi connectivity index (χ0) is 15.8. The van der Waals surface area contributed by atoms with Crippen molar-refractivity contribution >= 4 is 22.9 Å². The second-order valence-corrected chi connectivity index (χ2v) is 6.23. The van der Waals surface area contributed by atoms with Crippen molar-refractivity contribution in [2.24, 2.45) is 0 Å². The number of nitrogens with one attached hydrogen (secondary N) is 1. The molecular formula is C15H14F2N2O2S. The highest BCUT2D eigenvalue weighted by Gasteiger charge is 2.61. The van der Waals surface area contributed by atoms with Gasteiger partial charge in [0.05, 0.1) is 0 Å².